The first-order chi connectivity index (χ1) is 3.41. The monoisotopic (exact) mass is 196 g/mol. The zero-order valence-electron chi connectivity index (χ0n) is 6.45. The average molecular weight is 197 g/mol. The fourth-order valence-electron chi connectivity index (χ4n) is 0.539. The van der Waals surface area contributed by atoms with Crippen molar-refractivity contribution in [2.24, 2.45) is 0 Å². The third kappa shape index (κ3) is 22.8. The minimum Gasteiger partial charge on any atom is -1.00 e. The fraction of sp³-hybridized carbons (Fsp3) is 1.00. The topological polar surface area (TPSA) is 20.2 Å². The van der Waals surface area contributed by atoms with Crippen LogP contribution in [0.2, 0.25) is 0 Å². The van der Waals surface area contributed by atoms with Gasteiger partial charge < -0.3 is 29.9 Å². The molecule has 0 aliphatic carbocycles. The summed E-state index contributed by atoms with van der Waals surface area (Å²) >= 11 is 0. The molecule has 0 saturated heterocycles. The molecule has 0 bridgehead atoms. The summed E-state index contributed by atoms with van der Waals surface area (Å²) in [6.07, 6.45) is 4.68. The molecule has 0 aliphatic heterocycles. The molecule has 1 N–H and O–H groups in total. The zero-order valence-corrected chi connectivity index (χ0v) is 9.37. The van der Waals surface area contributed by atoms with Crippen LogP contribution in [-0.2, 0) is 0 Å². The third-order valence-corrected chi connectivity index (χ3v) is 1.01. The van der Waals surface area contributed by atoms with Gasteiger partial charge in [-0.15, -0.1) is 0 Å². The fourth-order valence-corrected chi connectivity index (χ4v) is 0.539. The van der Waals surface area contributed by atoms with E-state index in [2.05, 4.69) is 6.92 Å². The Hall–Kier alpha value is 1.31. The molecule has 60 valence electrons. The predicted molar refractivity (Wildman–Crippen MR) is 37.0 cm³/mol. The summed E-state index contributed by atoms with van der Waals surface area (Å²) in [5.41, 5.74) is 0. The molecule has 0 aromatic rings. The molecule has 0 heterocycles. The van der Waals surface area contributed by atoms with Gasteiger partial charge in [0, 0.05) is 6.61 Å². The van der Waals surface area contributed by atoms with Crippen molar-refractivity contribution in [2.45, 2.75) is 32.6 Å². The van der Waals surface area contributed by atoms with E-state index in [0.29, 0.717) is 6.61 Å². The van der Waals surface area contributed by atoms with Crippen molar-refractivity contribution in [1.29, 1.82) is 0 Å². The largest absolute Gasteiger partial charge is 2.00 e. The van der Waals surface area contributed by atoms with Gasteiger partial charge in [0.25, 0.3) is 0 Å². The van der Waals surface area contributed by atoms with Crippen LogP contribution in [0, 0.1) is 0 Å². The van der Waals surface area contributed by atoms with Crippen LogP contribution >= 0.6 is 0 Å². The Bertz CT molecular complexity index is 34.9. The van der Waals surface area contributed by atoms with E-state index in [4.69, 9.17) is 5.11 Å². The summed E-state index contributed by atoms with van der Waals surface area (Å²) in [6, 6.07) is 0. The Labute approximate surface area is 91.9 Å². The summed E-state index contributed by atoms with van der Waals surface area (Å²) in [5.74, 6) is 0. The molecule has 0 aliphatic rings. The van der Waals surface area contributed by atoms with Crippen LogP contribution in [0.3, 0.4) is 0 Å². The molecule has 0 fully saturated rings. The van der Waals surface area contributed by atoms with Crippen LogP contribution in [0.5, 0.6) is 0 Å². The SMILES string of the molecule is CCCCCCO.[Cl-].[Cl-].[Mg+2]. The van der Waals surface area contributed by atoms with Gasteiger partial charge in [0.1, 0.15) is 0 Å². The van der Waals surface area contributed by atoms with E-state index < -0.39 is 0 Å². The Balaban J connectivity index is -0.0000000600. The number of hydrogen-bond donors (Lipinski definition) is 1. The molecule has 1 nitrogen and oxygen atoms in total. The molecule has 0 amide bonds. The van der Waals surface area contributed by atoms with Gasteiger partial charge in [0.2, 0.25) is 0 Å². The van der Waals surface area contributed by atoms with Crippen molar-refractivity contribution in [3.8, 4) is 0 Å². The van der Waals surface area contributed by atoms with Gasteiger partial charge in [-0.25, -0.2) is 0 Å². The Kier molecular flexibility index (Phi) is 50.5. The van der Waals surface area contributed by atoms with E-state index in [1.165, 1.54) is 19.3 Å². The van der Waals surface area contributed by atoms with Crippen molar-refractivity contribution in [3.05, 3.63) is 0 Å². The van der Waals surface area contributed by atoms with Gasteiger partial charge in [0.15, 0.2) is 0 Å². The van der Waals surface area contributed by atoms with Crippen LogP contribution in [-0.4, -0.2) is 34.8 Å². The van der Waals surface area contributed by atoms with Gasteiger partial charge in [-0.1, -0.05) is 26.2 Å². The molecule has 4 heteroatoms. The summed E-state index contributed by atoms with van der Waals surface area (Å²) in [4.78, 5) is 0. The van der Waals surface area contributed by atoms with Crippen LogP contribution < -0.4 is 24.8 Å². The first kappa shape index (κ1) is 22.5. The first-order valence-corrected chi connectivity index (χ1v) is 3.02. The maximum Gasteiger partial charge on any atom is 2.00 e. The van der Waals surface area contributed by atoms with E-state index in [0.717, 1.165) is 6.42 Å². The summed E-state index contributed by atoms with van der Waals surface area (Å²) in [7, 11) is 0. The van der Waals surface area contributed by atoms with Gasteiger partial charge >= 0.3 is 23.1 Å². The maximum atomic E-state index is 8.29. The second-order valence-corrected chi connectivity index (χ2v) is 1.78. The second kappa shape index (κ2) is 22.4. The maximum absolute atomic E-state index is 8.29. The summed E-state index contributed by atoms with van der Waals surface area (Å²) in [6.45, 7) is 2.53. The van der Waals surface area contributed by atoms with Crippen LogP contribution in [0.4, 0.5) is 0 Å². The minimum atomic E-state index is 0. The molecular weight excluding hydrogens is 183 g/mol. The van der Waals surface area contributed by atoms with Crippen molar-refractivity contribution in [1.82, 2.24) is 0 Å². The molecule has 0 unspecified atom stereocenters. The summed E-state index contributed by atoms with van der Waals surface area (Å²) in [5, 5.41) is 8.29. The number of rotatable bonds is 4. The van der Waals surface area contributed by atoms with E-state index >= 15 is 0 Å². The quantitative estimate of drug-likeness (QED) is 0.354. The third-order valence-electron chi connectivity index (χ3n) is 1.01. The summed E-state index contributed by atoms with van der Waals surface area (Å²) < 4.78 is 0. The molecule has 10 heavy (non-hydrogen) atoms. The second-order valence-electron chi connectivity index (χ2n) is 1.78. The number of aliphatic hydroxyl groups excluding tert-OH is 1. The Morgan fingerprint density at radius 2 is 1.50 bits per heavy atom. The molecule has 0 atom stereocenters. The molecule has 0 rings (SSSR count). The molecule has 0 aromatic heterocycles. The van der Waals surface area contributed by atoms with Gasteiger partial charge in [0.05, 0.1) is 0 Å². The van der Waals surface area contributed by atoms with E-state index in [-0.39, 0.29) is 47.9 Å². The average Bonchev–Trinajstić information content (AvgIpc) is 1.69. The normalized spacial score (nSPS) is 6.60. The van der Waals surface area contributed by atoms with Crippen LogP contribution in [0.15, 0.2) is 0 Å². The van der Waals surface area contributed by atoms with E-state index in [9.17, 15) is 0 Å². The van der Waals surface area contributed by atoms with Crippen molar-refractivity contribution < 1.29 is 29.9 Å². The number of hydrogen-bond acceptors (Lipinski definition) is 1. The molecule has 0 saturated carbocycles. The molecule has 0 aromatic carbocycles. The zero-order chi connectivity index (χ0) is 5.54. The van der Waals surface area contributed by atoms with Crippen LogP contribution in [0.1, 0.15) is 32.6 Å². The molecule has 0 spiro atoms. The minimum absolute atomic E-state index is 0. The van der Waals surface area contributed by atoms with Crippen LogP contribution in [0.25, 0.3) is 0 Å². The molecule has 0 radical (unpaired) electrons. The Morgan fingerprint density at radius 3 is 1.80 bits per heavy atom. The number of unbranched alkanes of at least 4 members (excludes halogenated alkanes) is 3. The molecular formula is C6H14Cl2MgO. The van der Waals surface area contributed by atoms with Gasteiger partial charge in [-0.2, -0.15) is 0 Å². The standard InChI is InChI=1S/C6H14O.2ClH.Mg/c1-2-3-4-5-6-7;;;/h7H,2-6H2,1H3;2*1H;/q;;;+2/p-2. The van der Waals surface area contributed by atoms with Gasteiger partial charge in [-0.05, 0) is 6.42 Å². The van der Waals surface area contributed by atoms with E-state index in [1.54, 1.807) is 0 Å². The van der Waals surface area contributed by atoms with Gasteiger partial charge in [-0.3, -0.25) is 0 Å². The number of aliphatic hydroxyl groups is 1. The number of halogens is 2. The Morgan fingerprint density at radius 1 is 1.00 bits per heavy atom. The van der Waals surface area contributed by atoms with E-state index in [1.807, 2.05) is 0 Å². The van der Waals surface area contributed by atoms with Crippen molar-refractivity contribution in [2.75, 3.05) is 6.61 Å². The smallest absolute Gasteiger partial charge is 1.00 e. The van der Waals surface area contributed by atoms with Crippen molar-refractivity contribution in [3.63, 3.8) is 0 Å². The predicted octanol–water partition coefficient (Wildman–Crippen LogP) is -4.81. The van der Waals surface area contributed by atoms with Crippen molar-refractivity contribution >= 4 is 23.1 Å². The first-order valence-electron chi connectivity index (χ1n) is 3.02.